The molecule has 0 fully saturated rings. The van der Waals surface area contributed by atoms with Crippen LogP contribution in [0.3, 0.4) is 0 Å². The number of hydrogen-bond acceptors (Lipinski definition) is 1. The number of amidine groups is 2. The van der Waals surface area contributed by atoms with Gasteiger partial charge in [0.05, 0.1) is 16.6 Å². The van der Waals surface area contributed by atoms with Crippen molar-refractivity contribution in [2.24, 2.45) is 15.7 Å². The van der Waals surface area contributed by atoms with Crippen LogP contribution in [0.15, 0.2) is 162 Å². The van der Waals surface area contributed by atoms with E-state index in [0.717, 1.165) is 44.1 Å². The van der Waals surface area contributed by atoms with Gasteiger partial charge in [-0.3, -0.25) is 0 Å². The van der Waals surface area contributed by atoms with E-state index in [0.29, 0.717) is 18.3 Å². The number of aromatic nitrogens is 2. The third-order valence-electron chi connectivity index (χ3n) is 8.19. The first-order chi connectivity index (χ1) is 22.2. The fourth-order valence-electron chi connectivity index (χ4n) is 6.02. The first kappa shape index (κ1) is 27.9. The number of para-hydroxylation sites is 1. The molecule has 2 N–H and O–H groups in total. The molecule has 7 rings (SSSR count). The number of allylic oxidation sites excluding steroid dienone is 5. The molecule has 0 unspecified atom stereocenters. The van der Waals surface area contributed by atoms with Crippen molar-refractivity contribution in [3.05, 3.63) is 163 Å². The minimum Gasteiger partial charge on any atom is -0.383 e. The molecule has 0 bridgehead atoms. The predicted octanol–water partition coefficient (Wildman–Crippen LogP) is 9.32. The van der Waals surface area contributed by atoms with E-state index in [1.165, 1.54) is 16.2 Å². The van der Waals surface area contributed by atoms with Crippen molar-refractivity contribution in [3.63, 3.8) is 0 Å². The summed E-state index contributed by atoms with van der Waals surface area (Å²) in [4.78, 5) is 9.96. The first-order valence-corrected chi connectivity index (χ1v) is 15.1. The van der Waals surface area contributed by atoms with Gasteiger partial charge in [-0.2, -0.15) is 0 Å². The van der Waals surface area contributed by atoms with E-state index < -0.39 is 0 Å². The lowest BCUT2D eigenvalue weighted by atomic mass is 10.0. The standard InChI is InChI=1S/C40H33N5/c1-3-5-18-32(4-2)44-24-23-31-25-35-30(26-37(31)44)21-22-34-33-19-12-13-20-36(33)45(38(34)35)27-42-40(29-16-10-7-11-17-29)43-39(41)28-14-8-6-9-15-28/h3-26H,2,27H2,1H3,(H2,41,42,43)/b5-3-,32-18+. The van der Waals surface area contributed by atoms with Crippen LogP contribution in [0.1, 0.15) is 18.1 Å². The minimum absolute atomic E-state index is 0.380. The molecule has 0 saturated heterocycles. The van der Waals surface area contributed by atoms with Crippen LogP contribution in [0.5, 0.6) is 0 Å². The van der Waals surface area contributed by atoms with E-state index in [-0.39, 0.29) is 0 Å². The van der Waals surface area contributed by atoms with Crippen molar-refractivity contribution in [3.8, 4) is 0 Å². The van der Waals surface area contributed by atoms with Crippen molar-refractivity contribution in [2.45, 2.75) is 13.6 Å². The summed E-state index contributed by atoms with van der Waals surface area (Å²) in [6, 6.07) is 39.5. The van der Waals surface area contributed by atoms with Gasteiger partial charge in [-0.25, -0.2) is 9.98 Å². The van der Waals surface area contributed by atoms with Crippen molar-refractivity contribution in [1.82, 2.24) is 9.13 Å². The average molecular weight is 584 g/mol. The monoisotopic (exact) mass is 583 g/mol. The lowest BCUT2D eigenvalue weighted by molar-refractivity contribution is 0.793. The second-order valence-corrected chi connectivity index (χ2v) is 10.9. The number of benzene rings is 5. The van der Waals surface area contributed by atoms with Crippen molar-refractivity contribution >= 4 is 60.8 Å². The zero-order valence-corrected chi connectivity index (χ0v) is 25.1. The van der Waals surface area contributed by atoms with Gasteiger partial charge in [0.25, 0.3) is 0 Å². The van der Waals surface area contributed by atoms with Gasteiger partial charge in [0, 0.05) is 44.6 Å². The van der Waals surface area contributed by atoms with Crippen LogP contribution in [0, 0.1) is 0 Å². The Morgan fingerprint density at radius 1 is 0.756 bits per heavy atom. The number of rotatable bonds is 7. The van der Waals surface area contributed by atoms with Gasteiger partial charge in [-0.15, -0.1) is 0 Å². The largest absolute Gasteiger partial charge is 0.383 e. The summed E-state index contributed by atoms with van der Waals surface area (Å²) < 4.78 is 4.49. The Labute approximate surface area is 262 Å². The van der Waals surface area contributed by atoms with E-state index in [2.05, 4.69) is 82.6 Å². The van der Waals surface area contributed by atoms with Gasteiger partial charge in [0.1, 0.15) is 12.5 Å². The van der Waals surface area contributed by atoms with Crippen LogP contribution in [-0.2, 0) is 6.67 Å². The zero-order chi connectivity index (χ0) is 30.8. The summed E-state index contributed by atoms with van der Waals surface area (Å²) in [5, 5.41) is 5.88. The Balaban J connectivity index is 1.43. The molecular weight excluding hydrogens is 550 g/mol. The highest BCUT2D eigenvalue weighted by Crippen LogP contribution is 2.36. The molecule has 5 nitrogen and oxygen atoms in total. The Kier molecular flexibility index (Phi) is 7.42. The van der Waals surface area contributed by atoms with Gasteiger partial charge in [0.15, 0.2) is 5.84 Å². The Bertz CT molecular complexity index is 2310. The summed E-state index contributed by atoms with van der Waals surface area (Å²) in [5.41, 5.74) is 12.7. The van der Waals surface area contributed by atoms with E-state index >= 15 is 0 Å². The molecule has 7 aromatic rings. The van der Waals surface area contributed by atoms with Gasteiger partial charge in [0.2, 0.25) is 0 Å². The van der Waals surface area contributed by atoms with E-state index in [9.17, 15) is 0 Å². The van der Waals surface area contributed by atoms with Crippen LogP contribution in [0.4, 0.5) is 0 Å². The maximum atomic E-state index is 6.50. The van der Waals surface area contributed by atoms with Crippen LogP contribution >= 0.6 is 0 Å². The summed E-state index contributed by atoms with van der Waals surface area (Å²) in [6.07, 6.45) is 10.1. The van der Waals surface area contributed by atoms with Gasteiger partial charge in [-0.05, 0) is 48.7 Å². The van der Waals surface area contributed by atoms with E-state index in [1.807, 2.05) is 85.8 Å². The third kappa shape index (κ3) is 5.15. The third-order valence-corrected chi connectivity index (χ3v) is 8.19. The molecule has 5 heteroatoms. The number of aliphatic imine (C=N–C) groups is 2. The molecule has 0 aliphatic carbocycles. The van der Waals surface area contributed by atoms with Gasteiger partial charge >= 0.3 is 0 Å². The van der Waals surface area contributed by atoms with Crippen molar-refractivity contribution in [1.29, 1.82) is 0 Å². The molecule has 0 aliphatic heterocycles. The Morgan fingerprint density at radius 2 is 1.49 bits per heavy atom. The molecular formula is C40H33N5. The van der Waals surface area contributed by atoms with Gasteiger partial charge in [-0.1, -0.05) is 110 Å². The number of nitrogens with zero attached hydrogens (tertiary/aromatic N) is 4. The topological polar surface area (TPSA) is 60.6 Å². The zero-order valence-electron chi connectivity index (χ0n) is 25.1. The quantitative estimate of drug-likeness (QED) is 0.113. The summed E-state index contributed by atoms with van der Waals surface area (Å²) >= 11 is 0. The Hall–Kier alpha value is -5.94. The minimum atomic E-state index is 0.380. The lowest BCUT2D eigenvalue weighted by Crippen LogP contribution is -2.16. The van der Waals surface area contributed by atoms with Crippen LogP contribution in [0.25, 0.3) is 49.2 Å². The molecule has 0 amide bonds. The fraction of sp³-hybridized carbons (Fsp3) is 0.0500. The van der Waals surface area contributed by atoms with E-state index in [4.69, 9.17) is 15.7 Å². The number of hydrogen-bond donors (Lipinski definition) is 1. The fourth-order valence-corrected chi connectivity index (χ4v) is 6.02. The lowest BCUT2D eigenvalue weighted by Gasteiger charge is -2.11. The molecule has 2 heterocycles. The van der Waals surface area contributed by atoms with Crippen molar-refractivity contribution in [2.75, 3.05) is 0 Å². The van der Waals surface area contributed by atoms with Crippen molar-refractivity contribution < 1.29 is 0 Å². The highest BCUT2D eigenvalue weighted by molar-refractivity contribution is 6.19. The van der Waals surface area contributed by atoms with E-state index in [1.54, 1.807) is 0 Å². The molecule has 0 saturated carbocycles. The van der Waals surface area contributed by atoms with Crippen LogP contribution < -0.4 is 5.73 Å². The maximum absolute atomic E-state index is 6.50. The molecule has 0 spiro atoms. The number of fused-ring (bicyclic) bond motifs is 6. The van der Waals surface area contributed by atoms with Crippen LogP contribution in [0.2, 0.25) is 0 Å². The highest BCUT2D eigenvalue weighted by Gasteiger charge is 2.15. The molecule has 45 heavy (non-hydrogen) atoms. The second-order valence-electron chi connectivity index (χ2n) is 10.9. The maximum Gasteiger partial charge on any atom is 0.158 e. The van der Waals surface area contributed by atoms with Gasteiger partial charge < -0.3 is 14.9 Å². The Morgan fingerprint density at radius 3 is 2.24 bits per heavy atom. The molecule has 5 aromatic carbocycles. The first-order valence-electron chi connectivity index (χ1n) is 15.1. The predicted molar refractivity (Wildman–Crippen MR) is 192 cm³/mol. The SMILES string of the molecule is C=C/C(=C\C=C/C)n1ccc2cc3c(ccc4c5ccccc5n(C/N=C(\N=C(N)c5ccccc5)c5ccccc5)c34)cc21. The smallest absolute Gasteiger partial charge is 0.158 e. The molecule has 0 atom stereocenters. The molecule has 2 aromatic heterocycles. The highest BCUT2D eigenvalue weighted by atomic mass is 15.1. The second kappa shape index (κ2) is 12.0. The normalized spacial score (nSPS) is 13.1. The molecule has 218 valence electrons. The summed E-state index contributed by atoms with van der Waals surface area (Å²) in [7, 11) is 0. The molecule has 0 aliphatic rings. The summed E-state index contributed by atoms with van der Waals surface area (Å²) in [6.45, 7) is 6.45. The molecule has 0 radical (unpaired) electrons. The number of nitrogens with two attached hydrogens (primary N) is 1. The average Bonchev–Trinajstić information content (AvgIpc) is 3.65. The van der Waals surface area contributed by atoms with Crippen LogP contribution in [-0.4, -0.2) is 20.8 Å². The summed E-state index contributed by atoms with van der Waals surface area (Å²) in [5.74, 6) is 1.02.